The fourth-order valence-electron chi connectivity index (χ4n) is 3.02. The molecule has 0 spiro atoms. The molecule has 0 bridgehead atoms. The Morgan fingerprint density at radius 3 is 2.85 bits per heavy atom. The van der Waals surface area contributed by atoms with Crippen LogP contribution in [0.15, 0.2) is 42.5 Å². The normalized spacial score (nSPS) is 17.8. The van der Waals surface area contributed by atoms with Crippen LogP contribution in [-0.2, 0) is 11.3 Å². The van der Waals surface area contributed by atoms with E-state index >= 15 is 0 Å². The average molecular weight is 405 g/mol. The summed E-state index contributed by atoms with van der Waals surface area (Å²) in [4.78, 5) is 27.2. The van der Waals surface area contributed by atoms with Gasteiger partial charge >= 0.3 is 0 Å². The smallest absolute Gasteiger partial charge is 0.255 e. The van der Waals surface area contributed by atoms with E-state index in [4.69, 9.17) is 21.1 Å². The van der Waals surface area contributed by atoms with Gasteiger partial charge in [0.25, 0.3) is 5.91 Å². The fourth-order valence-corrected chi connectivity index (χ4v) is 4.44. The maximum Gasteiger partial charge on any atom is 0.255 e. The predicted molar refractivity (Wildman–Crippen MR) is 103 cm³/mol. The molecule has 27 heavy (non-hydrogen) atoms. The molecule has 0 radical (unpaired) electrons. The Hall–Kier alpha value is -2.38. The Morgan fingerprint density at radius 2 is 2.04 bits per heavy atom. The molecule has 2 amide bonds. The summed E-state index contributed by atoms with van der Waals surface area (Å²) in [5.74, 6) is 1.49. The first-order valence-electron chi connectivity index (χ1n) is 8.43. The lowest BCUT2D eigenvalue weighted by Crippen LogP contribution is -2.47. The maximum atomic E-state index is 13.0. The molecule has 1 saturated heterocycles. The number of thioether (sulfide) groups is 1. The molecule has 1 fully saturated rings. The van der Waals surface area contributed by atoms with E-state index in [1.807, 2.05) is 30.3 Å². The number of hydrogen-bond acceptors (Lipinski definition) is 5. The number of nitrogens with zero attached hydrogens (tertiary/aromatic N) is 1. The third-order valence-electron chi connectivity index (χ3n) is 4.43. The van der Waals surface area contributed by atoms with Gasteiger partial charge in [-0.3, -0.25) is 9.59 Å². The van der Waals surface area contributed by atoms with Gasteiger partial charge in [0.2, 0.25) is 12.7 Å². The number of amides is 2. The van der Waals surface area contributed by atoms with Crippen LogP contribution < -0.4 is 14.8 Å². The van der Waals surface area contributed by atoms with Crippen LogP contribution in [0.1, 0.15) is 15.9 Å². The van der Waals surface area contributed by atoms with Crippen molar-refractivity contribution >= 4 is 35.2 Å². The van der Waals surface area contributed by atoms with Crippen LogP contribution in [0.25, 0.3) is 0 Å². The molecule has 140 valence electrons. The van der Waals surface area contributed by atoms with Gasteiger partial charge in [0.15, 0.2) is 11.5 Å². The van der Waals surface area contributed by atoms with Crippen molar-refractivity contribution in [3.63, 3.8) is 0 Å². The van der Waals surface area contributed by atoms with E-state index in [0.29, 0.717) is 40.3 Å². The molecule has 0 aromatic heterocycles. The van der Waals surface area contributed by atoms with Gasteiger partial charge in [-0.15, -0.1) is 11.8 Å². The van der Waals surface area contributed by atoms with Gasteiger partial charge in [-0.2, -0.15) is 0 Å². The third-order valence-corrected chi connectivity index (χ3v) is 5.72. The van der Waals surface area contributed by atoms with Gasteiger partial charge in [-0.25, -0.2) is 0 Å². The Morgan fingerprint density at radius 1 is 1.22 bits per heavy atom. The summed E-state index contributed by atoms with van der Waals surface area (Å²) in [6, 6.07) is 12.3. The summed E-state index contributed by atoms with van der Waals surface area (Å²) >= 11 is 7.73. The standard InChI is InChI=1S/C19H17ClN2O4S/c20-14-6-13(7-16-17(14)26-11-25-16)19(24)22-10-27-9-15(22)18(23)21-8-12-4-2-1-3-5-12/h1-7,15H,8-11H2,(H,21,23). The summed E-state index contributed by atoms with van der Waals surface area (Å²) in [7, 11) is 0. The fraction of sp³-hybridized carbons (Fsp3) is 0.263. The third kappa shape index (κ3) is 3.70. The lowest BCUT2D eigenvalue weighted by atomic mass is 10.1. The monoisotopic (exact) mass is 404 g/mol. The zero-order chi connectivity index (χ0) is 18.8. The molecule has 6 nitrogen and oxygen atoms in total. The molecule has 2 aromatic carbocycles. The second-order valence-electron chi connectivity index (χ2n) is 6.19. The highest BCUT2D eigenvalue weighted by Gasteiger charge is 2.35. The average Bonchev–Trinajstić information content (AvgIpc) is 3.36. The number of carbonyl (C=O) groups is 2. The topological polar surface area (TPSA) is 67.9 Å². The molecule has 1 N–H and O–H groups in total. The van der Waals surface area contributed by atoms with Crippen molar-refractivity contribution in [1.29, 1.82) is 0 Å². The van der Waals surface area contributed by atoms with E-state index in [9.17, 15) is 9.59 Å². The summed E-state index contributed by atoms with van der Waals surface area (Å²) in [5, 5.41) is 3.24. The lowest BCUT2D eigenvalue weighted by molar-refractivity contribution is -0.124. The minimum atomic E-state index is -0.518. The molecule has 2 heterocycles. The molecule has 1 unspecified atom stereocenters. The van der Waals surface area contributed by atoms with Gasteiger partial charge in [-0.1, -0.05) is 41.9 Å². The van der Waals surface area contributed by atoms with Crippen molar-refractivity contribution in [2.75, 3.05) is 18.4 Å². The number of fused-ring (bicyclic) bond motifs is 1. The van der Waals surface area contributed by atoms with E-state index in [1.165, 1.54) is 0 Å². The first kappa shape index (κ1) is 18.0. The number of hydrogen-bond donors (Lipinski definition) is 1. The second kappa shape index (κ2) is 7.70. The van der Waals surface area contributed by atoms with E-state index in [1.54, 1.807) is 28.8 Å². The number of nitrogens with one attached hydrogen (secondary N) is 1. The Labute approximate surface area is 165 Å². The Kier molecular flexibility index (Phi) is 5.13. The Bertz CT molecular complexity index is 878. The molecule has 0 saturated carbocycles. The van der Waals surface area contributed by atoms with Gasteiger partial charge in [-0.05, 0) is 17.7 Å². The van der Waals surface area contributed by atoms with Gasteiger partial charge < -0.3 is 19.7 Å². The summed E-state index contributed by atoms with van der Waals surface area (Å²) < 4.78 is 10.6. The minimum Gasteiger partial charge on any atom is -0.454 e. The van der Waals surface area contributed by atoms with Crippen LogP contribution in [0.5, 0.6) is 11.5 Å². The van der Waals surface area contributed by atoms with Crippen molar-refractivity contribution in [2.24, 2.45) is 0 Å². The van der Waals surface area contributed by atoms with Gasteiger partial charge in [0.05, 0.1) is 10.9 Å². The molecule has 2 aliphatic heterocycles. The molecule has 2 aliphatic rings. The second-order valence-corrected chi connectivity index (χ2v) is 7.59. The highest BCUT2D eigenvalue weighted by atomic mass is 35.5. The van der Waals surface area contributed by atoms with Crippen molar-refractivity contribution in [2.45, 2.75) is 12.6 Å². The number of halogens is 1. The summed E-state index contributed by atoms with van der Waals surface area (Å²) in [5.41, 5.74) is 1.39. The molecule has 2 aromatic rings. The minimum absolute atomic E-state index is 0.0801. The largest absolute Gasteiger partial charge is 0.454 e. The molecule has 0 aliphatic carbocycles. The molecule has 8 heteroatoms. The Balaban J connectivity index is 1.47. The van der Waals surface area contributed by atoms with E-state index in [-0.39, 0.29) is 18.6 Å². The first-order chi connectivity index (χ1) is 13.1. The lowest BCUT2D eigenvalue weighted by Gasteiger charge is -2.23. The van der Waals surface area contributed by atoms with Crippen molar-refractivity contribution < 1.29 is 19.1 Å². The predicted octanol–water partition coefficient (Wildman–Crippen LogP) is 2.90. The highest BCUT2D eigenvalue weighted by molar-refractivity contribution is 7.99. The van der Waals surface area contributed by atoms with Crippen LogP contribution in [-0.4, -0.2) is 41.2 Å². The number of ether oxygens (including phenoxy) is 2. The molecule has 4 rings (SSSR count). The van der Waals surface area contributed by atoms with Crippen LogP contribution in [0, 0.1) is 0 Å². The van der Waals surface area contributed by atoms with E-state index in [0.717, 1.165) is 5.56 Å². The van der Waals surface area contributed by atoms with Crippen molar-refractivity contribution in [3.05, 3.63) is 58.6 Å². The SMILES string of the molecule is O=C(NCc1ccccc1)C1CSCN1C(=O)c1cc(Cl)c2c(c1)OCO2. The van der Waals surface area contributed by atoms with Crippen molar-refractivity contribution in [3.8, 4) is 11.5 Å². The molecular weight excluding hydrogens is 388 g/mol. The molecule has 1 atom stereocenters. The van der Waals surface area contributed by atoms with E-state index in [2.05, 4.69) is 5.32 Å². The molecular formula is C19H17ClN2O4S. The number of benzene rings is 2. The number of carbonyl (C=O) groups excluding carboxylic acids is 2. The summed E-state index contributed by atoms with van der Waals surface area (Å²) in [6.45, 7) is 0.509. The zero-order valence-electron chi connectivity index (χ0n) is 14.3. The van der Waals surface area contributed by atoms with Crippen LogP contribution in [0.4, 0.5) is 0 Å². The van der Waals surface area contributed by atoms with Crippen LogP contribution >= 0.6 is 23.4 Å². The highest BCUT2D eigenvalue weighted by Crippen LogP contribution is 2.40. The summed E-state index contributed by atoms with van der Waals surface area (Å²) in [6.07, 6.45) is 0. The maximum absolute atomic E-state index is 13.0. The van der Waals surface area contributed by atoms with Crippen LogP contribution in [0.3, 0.4) is 0 Å². The van der Waals surface area contributed by atoms with Crippen LogP contribution in [0.2, 0.25) is 5.02 Å². The van der Waals surface area contributed by atoms with Gasteiger partial charge in [0, 0.05) is 17.9 Å². The first-order valence-corrected chi connectivity index (χ1v) is 9.96. The zero-order valence-corrected chi connectivity index (χ0v) is 15.9. The van der Waals surface area contributed by atoms with E-state index < -0.39 is 6.04 Å². The van der Waals surface area contributed by atoms with Crippen molar-refractivity contribution in [1.82, 2.24) is 10.2 Å². The quantitative estimate of drug-likeness (QED) is 0.848. The number of rotatable bonds is 4. The van der Waals surface area contributed by atoms with Gasteiger partial charge in [0.1, 0.15) is 6.04 Å².